The number of halogens is 2. The maximum atomic E-state index is 12.6. The van der Waals surface area contributed by atoms with E-state index in [9.17, 15) is 4.79 Å². The zero-order chi connectivity index (χ0) is 23.0. The van der Waals surface area contributed by atoms with E-state index in [2.05, 4.69) is 31.6 Å². The highest BCUT2D eigenvalue weighted by atomic mass is 79.9. The molecule has 0 aliphatic heterocycles. The summed E-state index contributed by atoms with van der Waals surface area (Å²) in [6, 6.07) is 24.9. The number of ether oxygens (including phenoxy) is 1. The molecule has 0 aliphatic rings. The second-order valence-electron chi connectivity index (χ2n) is 7.16. The lowest BCUT2D eigenvalue weighted by Crippen LogP contribution is -2.19. The van der Waals surface area contributed by atoms with Crippen LogP contribution in [0.5, 0.6) is 5.75 Å². The minimum atomic E-state index is -0.421. The van der Waals surface area contributed by atoms with Crippen LogP contribution in [0.4, 0.5) is 0 Å². The number of hydrogen-bond donors (Lipinski definition) is 1. The maximum absolute atomic E-state index is 12.6. The normalized spacial score (nSPS) is 11.0. The Bertz CT molecular complexity index is 1260. The van der Waals surface area contributed by atoms with Gasteiger partial charge in [-0.3, -0.25) is 9.48 Å². The van der Waals surface area contributed by atoms with E-state index >= 15 is 0 Å². The minimum absolute atomic E-state index is 0.245. The molecule has 0 unspecified atom stereocenters. The molecule has 0 fully saturated rings. The number of hydrazone groups is 1. The van der Waals surface area contributed by atoms with Gasteiger partial charge in [-0.25, -0.2) is 5.43 Å². The van der Waals surface area contributed by atoms with Gasteiger partial charge >= 0.3 is 0 Å². The van der Waals surface area contributed by atoms with Gasteiger partial charge in [0.15, 0.2) is 5.69 Å². The van der Waals surface area contributed by atoms with Gasteiger partial charge in [-0.15, -0.1) is 0 Å². The highest BCUT2D eigenvalue weighted by molar-refractivity contribution is 9.10. The summed E-state index contributed by atoms with van der Waals surface area (Å²) in [6.45, 7) is 0.953. The van der Waals surface area contributed by atoms with Gasteiger partial charge in [-0.05, 0) is 51.3 Å². The van der Waals surface area contributed by atoms with Crippen molar-refractivity contribution in [2.75, 3.05) is 0 Å². The van der Waals surface area contributed by atoms with E-state index in [0.717, 1.165) is 16.7 Å². The van der Waals surface area contributed by atoms with Crippen LogP contribution in [0.2, 0.25) is 5.02 Å². The van der Waals surface area contributed by atoms with Gasteiger partial charge in [0.2, 0.25) is 0 Å². The Morgan fingerprint density at radius 3 is 2.55 bits per heavy atom. The number of rotatable bonds is 8. The van der Waals surface area contributed by atoms with Crippen LogP contribution in [0.1, 0.15) is 27.2 Å². The first-order valence-electron chi connectivity index (χ1n) is 10.1. The van der Waals surface area contributed by atoms with Gasteiger partial charge in [0.1, 0.15) is 12.4 Å². The van der Waals surface area contributed by atoms with Gasteiger partial charge in [-0.1, -0.05) is 66.2 Å². The van der Waals surface area contributed by atoms with E-state index < -0.39 is 5.91 Å². The number of para-hydroxylation sites is 1. The summed E-state index contributed by atoms with van der Waals surface area (Å²) in [4.78, 5) is 12.6. The minimum Gasteiger partial charge on any atom is -0.488 e. The van der Waals surface area contributed by atoms with E-state index in [0.29, 0.717) is 28.4 Å². The van der Waals surface area contributed by atoms with E-state index in [4.69, 9.17) is 16.3 Å². The summed E-state index contributed by atoms with van der Waals surface area (Å²) in [7, 11) is 0. The molecule has 1 heterocycles. The third kappa shape index (κ3) is 6.31. The average Bonchev–Trinajstić information content (AvgIpc) is 3.20. The lowest BCUT2D eigenvalue weighted by Gasteiger charge is -2.08. The third-order valence-electron chi connectivity index (χ3n) is 4.72. The lowest BCUT2D eigenvalue weighted by molar-refractivity contribution is 0.0948. The Kier molecular flexibility index (Phi) is 7.55. The third-order valence-corrected chi connectivity index (χ3v) is 5.55. The maximum Gasteiger partial charge on any atom is 0.293 e. The van der Waals surface area contributed by atoms with E-state index in [1.807, 2.05) is 78.9 Å². The zero-order valence-electron chi connectivity index (χ0n) is 17.5. The second kappa shape index (κ2) is 10.9. The molecule has 0 aliphatic carbocycles. The summed E-state index contributed by atoms with van der Waals surface area (Å²) in [5.74, 6) is 0.253. The highest BCUT2D eigenvalue weighted by Gasteiger charge is 2.15. The molecule has 0 atom stereocenters. The number of carbonyl (C=O) groups excluding carboxylic acids is 1. The molecule has 0 spiro atoms. The second-order valence-corrected chi connectivity index (χ2v) is 8.45. The van der Waals surface area contributed by atoms with Crippen molar-refractivity contribution in [3.8, 4) is 5.75 Å². The van der Waals surface area contributed by atoms with E-state index in [-0.39, 0.29) is 5.69 Å². The van der Waals surface area contributed by atoms with E-state index in [1.54, 1.807) is 17.1 Å². The molecular weight excluding hydrogens is 504 g/mol. The molecule has 4 rings (SSSR count). The van der Waals surface area contributed by atoms with Crippen LogP contribution in [0, 0.1) is 0 Å². The zero-order valence-corrected chi connectivity index (χ0v) is 19.8. The quantitative estimate of drug-likeness (QED) is 0.238. The first-order valence-corrected chi connectivity index (χ1v) is 11.3. The molecule has 166 valence electrons. The predicted octanol–water partition coefficient (Wildman–Crippen LogP) is 5.69. The largest absolute Gasteiger partial charge is 0.488 e. The highest BCUT2D eigenvalue weighted by Crippen LogP contribution is 2.19. The van der Waals surface area contributed by atoms with Crippen molar-refractivity contribution in [1.82, 2.24) is 15.2 Å². The number of amides is 1. The molecule has 1 N–H and O–H groups in total. The van der Waals surface area contributed by atoms with Crippen molar-refractivity contribution in [1.29, 1.82) is 0 Å². The van der Waals surface area contributed by atoms with Crippen LogP contribution >= 0.6 is 27.5 Å². The average molecular weight is 524 g/mol. The molecule has 4 aromatic rings. The van der Waals surface area contributed by atoms with Gasteiger partial charge in [0.25, 0.3) is 5.91 Å². The van der Waals surface area contributed by atoms with Crippen LogP contribution in [0.3, 0.4) is 0 Å². The number of nitrogens with zero attached hydrogens (tertiary/aromatic N) is 3. The summed E-state index contributed by atoms with van der Waals surface area (Å²) in [6.07, 6.45) is 3.30. The Hall–Kier alpha value is -3.42. The van der Waals surface area contributed by atoms with Gasteiger partial charge in [-0.2, -0.15) is 10.2 Å². The number of benzene rings is 3. The molecule has 33 heavy (non-hydrogen) atoms. The fraction of sp³-hybridized carbons (Fsp3) is 0.0800. The summed E-state index contributed by atoms with van der Waals surface area (Å²) in [5, 5.41) is 9.12. The molecular formula is C25H20BrClN4O2. The molecule has 1 amide bonds. The molecule has 0 radical (unpaired) electrons. The Labute approximate surface area is 205 Å². The van der Waals surface area contributed by atoms with Crippen LogP contribution in [-0.2, 0) is 13.2 Å². The fourth-order valence-electron chi connectivity index (χ4n) is 3.08. The van der Waals surface area contributed by atoms with Crippen molar-refractivity contribution in [3.05, 3.63) is 117 Å². The molecule has 1 aromatic heterocycles. The van der Waals surface area contributed by atoms with Crippen molar-refractivity contribution < 1.29 is 9.53 Å². The number of aromatic nitrogens is 2. The van der Waals surface area contributed by atoms with Crippen molar-refractivity contribution in [2.24, 2.45) is 5.10 Å². The van der Waals surface area contributed by atoms with E-state index in [1.165, 1.54) is 0 Å². The van der Waals surface area contributed by atoms with Crippen LogP contribution in [-0.4, -0.2) is 21.9 Å². The lowest BCUT2D eigenvalue weighted by atomic mass is 10.2. The Morgan fingerprint density at radius 1 is 1.03 bits per heavy atom. The summed E-state index contributed by atoms with van der Waals surface area (Å²) < 4.78 is 8.18. The molecule has 8 heteroatoms. The Morgan fingerprint density at radius 2 is 1.76 bits per heavy atom. The van der Waals surface area contributed by atoms with Crippen molar-refractivity contribution in [3.63, 3.8) is 0 Å². The smallest absolute Gasteiger partial charge is 0.293 e. The summed E-state index contributed by atoms with van der Waals surface area (Å²) >= 11 is 9.33. The molecule has 0 bridgehead atoms. The predicted molar refractivity (Wildman–Crippen MR) is 133 cm³/mol. The first kappa shape index (κ1) is 22.8. The first-order chi connectivity index (χ1) is 16.1. The van der Waals surface area contributed by atoms with Gasteiger partial charge in [0.05, 0.1) is 17.2 Å². The topological polar surface area (TPSA) is 68.5 Å². The molecule has 3 aromatic carbocycles. The SMILES string of the molecule is O=C(N/N=C\c1ccccc1OCc1ccccc1)c1nn(Cc2ccc(Cl)cc2)cc1Br. The molecule has 0 saturated heterocycles. The molecule has 6 nitrogen and oxygen atoms in total. The summed E-state index contributed by atoms with van der Waals surface area (Å²) in [5.41, 5.74) is 5.61. The van der Waals surface area contributed by atoms with Crippen molar-refractivity contribution >= 4 is 39.7 Å². The fourth-order valence-corrected chi connectivity index (χ4v) is 3.70. The van der Waals surface area contributed by atoms with Crippen LogP contribution in [0.25, 0.3) is 0 Å². The number of hydrogen-bond acceptors (Lipinski definition) is 4. The van der Waals surface area contributed by atoms with Crippen molar-refractivity contribution in [2.45, 2.75) is 13.2 Å². The van der Waals surface area contributed by atoms with Gasteiger partial charge < -0.3 is 4.74 Å². The number of carbonyl (C=O) groups is 1. The van der Waals surface area contributed by atoms with Crippen LogP contribution in [0.15, 0.2) is 94.6 Å². The monoisotopic (exact) mass is 522 g/mol. The van der Waals surface area contributed by atoms with Crippen LogP contribution < -0.4 is 10.2 Å². The number of nitrogens with one attached hydrogen (secondary N) is 1. The Balaban J connectivity index is 1.38. The van der Waals surface area contributed by atoms with Gasteiger partial charge in [0, 0.05) is 16.8 Å². The molecule has 0 saturated carbocycles. The standard InChI is InChI=1S/C25H20BrClN4O2/c26-22-16-31(15-18-10-12-21(27)13-11-18)30-24(22)25(32)29-28-14-20-8-4-5-9-23(20)33-17-19-6-2-1-3-7-19/h1-14,16H,15,17H2,(H,29,32)/b28-14-.